The van der Waals surface area contributed by atoms with Crippen molar-refractivity contribution < 1.29 is 28.6 Å². The highest BCUT2D eigenvalue weighted by molar-refractivity contribution is 5.71. The molecule has 0 radical (unpaired) electrons. The molecule has 0 amide bonds. The van der Waals surface area contributed by atoms with Gasteiger partial charge in [0.2, 0.25) is 0 Å². The highest BCUT2D eigenvalue weighted by atomic mass is 16.6. The van der Waals surface area contributed by atoms with Crippen molar-refractivity contribution in [3.05, 3.63) is 60.8 Å². The molecule has 0 aromatic carbocycles. The Bertz CT molecular complexity index is 991. The quantitative estimate of drug-likeness (QED) is 0.0271. The van der Waals surface area contributed by atoms with Crippen molar-refractivity contribution in [2.75, 3.05) is 13.2 Å². The number of allylic oxidation sites excluding steroid dienone is 10. The average Bonchev–Trinajstić information content (AvgIpc) is 3.15. The van der Waals surface area contributed by atoms with E-state index in [4.69, 9.17) is 14.2 Å². The van der Waals surface area contributed by atoms with Crippen molar-refractivity contribution in [3.8, 4) is 0 Å². The van der Waals surface area contributed by atoms with Gasteiger partial charge in [0, 0.05) is 19.3 Å². The Morgan fingerprint density at radius 1 is 0.396 bits per heavy atom. The van der Waals surface area contributed by atoms with Crippen LogP contribution in [-0.4, -0.2) is 37.2 Å². The van der Waals surface area contributed by atoms with Gasteiger partial charge in [-0.2, -0.15) is 0 Å². The minimum Gasteiger partial charge on any atom is -0.462 e. The molecule has 0 heterocycles. The molecule has 304 valence electrons. The van der Waals surface area contributed by atoms with E-state index in [0.29, 0.717) is 19.3 Å². The van der Waals surface area contributed by atoms with Crippen LogP contribution in [0.4, 0.5) is 0 Å². The molecule has 0 aliphatic heterocycles. The zero-order chi connectivity index (χ0) is 38.7. The largest absolute Gasteiger partial charge is 0.462 e. The summed E-state index contributed by atoms with van der Waals surface area (Å²) in [5, 5.41) is 0. The summed E-state index contributed by atoms with van der Waals surface area (Å²) in [5.41, 5.74) is 0. The molecule has 6 heteroatoms. The van der Waals surface area contributed by atoms with Crippen LogP contribution in [0, 0.1) is 0 Å². The Labute approximate surface area is 326 Å². The summed E-state index contributed by atoms with van der Waals surface area (Å²) in [5.74, 6) is -0.980. The zero-order valence-electron chi connectivity index (χ0n) is 34.5. The minimum atomic E-state index is -0.798. The molecule has 1 atom stereocenters. The van der Waals surface area contributed by atoms with Gasteiger partial charge < -0.3 is 14.2 Å². The summed E-state index contributed by atoms with van der Waals surface area (Å²) in [6, 6.07) is 0. The number of hydrogen-bond acceptors (Lipinski definition) is 6. The smallest absolute Gasteiger partial charge is 0.306 e. The Morgan fingerprint density at radius 2 is 0.755 bits per heavy atom. The van der Waals surface area contributed by atoms with Gasteiger partial charge in [-0.3, -0.25) is 14.4 Å². The van der Waals surface area contributed by atoms with Gasteiger partial charge in [-0.1, -0.05) is 146 Å². The van der Waals surface area contributed by atoms with Crippen LogP contribution in [0.3, 0.4) is 0 Å². The van der Waals surface area contributed by atoms with Gasteiger partial charge in [-0.05, 0) is 96.3 Å². The SMILES string of the molecule is CC/C=C\C/C=C\C/C=C\CCCC(=O)OCC(COC(=O)CCCCCCC/C=C\CCCCC)OC(=O)CCCCCCC/C=C\CCCCC. The van der Waals surface area contributed by atoms with Crippen LogP contribution >= 0.6 is 0 Å². The lowest BCUT2D eigenvalue weighted by atomic mass is 10.1. The topological polar surface area (TPSA) is 78.9 Å². The molecule has 6 nitrogen and oxygen atoms in total. The van der Waals surface area contributed by atoms with Gasteiger partial charge in [-0.25, -0.2) is 0 Å². The van der Waals surface area contributed by atoms with Crippen LogP contribution < -0.4 is 0 Å². The molecule has 1 unspecified atom stereocenters. The lowest BCUT2D eigenvalue weighted by Gasteiger charge is -2.18. The maximum atomic E-state index is 12.7. The van der Waals surface area contributed by atoms with Gasteiger partial charge in [0.1, 0.15) is 13.2 Å². The van der Waals surface area contributed by atoms with E-state index in [2.05, 4.69) is 81.5 Å². The lowest BCUT2D eigenvalue weighted by molar-refractivity contribution is -0.167. The van der Waals surface area contributed by atoms with Gasteiger partial charge >= 0.3 is 17.9 Å². The zero-order valence-corrected chi connectivity index (χ0v) is 34.5. The second-order valence-corrected chi connectivity index (χ2v) is 14.2. The summed E-state index contributed by atoms with van der Waals surface area (Å²) < 4.78 is 16.6. The Hall–Kier alpha value is -2.89. The van der Waals surface area contributed by atoms with Crippen molar-refractivity contribution in [1.82, 2.24) is 0 Å². The monoisotopic (exact) mass is 741 g/mol. The third-order valence-electron chi connectivity index (χ3n) is 8.98. The van der Waals surface area contributed by atoms with E-state index in [1.54, 1.807) is 0 Å². The fourth-order valence-corrected chi connectivity index (χ4v) is 5.69. The molecule has 0 rings (SSSR count). The maximum absolute atomic E-state index is 12.7. The van der Waals surface area contributed by atoms with Gasteiger partial charge in [0.25, 0.3) is 0 Å². The molecule has 0 aliphatic rings. The molecule has 53 heavy (non-hydrogen) atoms. The summed E-state index contributed by atoms with van der Waals surface area (Å²) in [6.45, 7) is 6.38. The molecule has 0 saturated carbocycles. The summed E-state index contributed by atoms with van der Waals surface area (Å²) in [4.78, 5) is 37.6. The predicted molar refractivity (Wildman–Crippen MR) is 224 cm³/mol. The van der Waals surface area contributed by atoms with Crippen molar-refractivity contribution in [3.63, 3.8) is 0 Å². The van der Waals surface area contributed by atoms with Crippen LogP contribution in [0.5, 0.6) is 0 Å². The van der Waals surface area contributed by atoms with Crippen LogP contribution in [0.2, 0.25) is 0 Å². The van der Waals surface area contributed by atoms with E-state index in [1.165, 1.54) is 70.6 Å². The van der Waals surface area contributed by atoms with E-state index >= 15 is 0 Å². The Balaban J connectivity index is 4.48. The van der Waals surface area contributed by atoms with Crippen molar-refractivity contribution in [2.24, 2.45) is 0 Å². The standard InChI is InChI=1S/C47H80O6/c1-4-7-10-13-16-19-22-25-28-31-34-37-40-46(49)52-43-44(42-51-45(48)39-36-33-30-27-24-21-18-15-12-9-6-3)53-47(50)41-38-35-32-29-26-23-20-17-14-11-8-5-2/h9,12,16-21,27,30,44H,4-8,10-11,13-15,22-26,28-29,31-43H2,1-3H3/b12-9-,19-16-,20-17-,21-18-,30-27-. The van der Waals surface area contributed by atoms with Crippen molar-refractivity contribution in [1.29, 1.82) is 0 Å². The first kappa shape index (κ1) is 50.1. The fraction of sp³-hybridized carbons (Fsp3) is 0.723. The highest BCUT2D eigenvalue weighted by Crippen LogP contribution is 2.12. The average molecular weight is 741 g/mol. The van der Waals surface area contributed by atoms with Crippen molar-refractivity contribution >= 4 is 17.9 Å². The molecule has 0 saturated heterocycles. The molecule has 0 aromatic heterocycles. The molecule has 0 N–H and O–H groups in total. The first-order chi connectivity index (χ1) is 26.0. The van der Waals surface area contributed by atoms with E-state index in [-0.39, 0.29) is 37.5 Å². The number of unbranched alkanes of at least 4 members (excludes halogenated alkanes) is 17. The van der Waals surface area contributed by atoms with Crippen LogP contribution in [-0.2, 0) is 28.6 Å². The van der Waals surface area contributed by atoms with Gasteiger partial charge in [0.15, 0.2) is 6.10 Å². The first-order valence-electron chi connectivity index (χ1n) is 21.8. The molecule has 0 bridgehead atoms. The first-order valence-corrected chi connectivity index (χ1v) is 21.8. The number of carbonyl (C=O) groups is 3. The Morgan fingerprint density at radius 3 is 1.25 bits per heavy atom. The van der Waals surface area contributed by atoms with Crippen LogP contribution in [0.25, 0.3) is 0 Å². The predicted octanol–water partition coefficient (Wildman–Crippen LogP) is 13.7. The van der Waals surface area contributed by atoms with E-state index in [9.17, 15) is 14.4 Å². The van der Waals surface area contributed by atoms with Crippen LogP contribution in [0.1, 0.15) is 201 Å². The lowest BCUT2D eigenvalue weighted by Crippen LogP contribution is -2.30. The van der Waals surface area contributed by atoms with E-state index in [0.717, 1.165) is 83.5 Å². The van der Waals surface area contributed by atoms with E-state index < -0.39 is 6.10 Å². The molecular formula is C47H80O6. The summed E-state index contributed by atoms with van der Waals surface area (Å²) in [7, 11) is 0. The third-order valence-corrected chi connectivity index (χ3v) is 8.98. The van der Waals surface area contributed by atoms with E-state index in [1.807, 2.05) is 0 Å². The molecule has 0 fully saturated rings. The Kier molecular flexibility index (Phi) is 39.6. The second-order valence-electron chi connectivity index (χ2n) is 14.2. The number of esters is 3. The minimum absolute atomic E-state index is 0.0983. The summed E-state index contributed by atoms with van der Waals surface area (Å²) >= 11 is 0. The maximum Gasteiger partial charge on any atom is 0.306 e. The fourth-order valence-electron chi connectivity index (χ4n) is 5.69. The number of carbonyl (C=O) groups excluding carboxylic acids is 3. The normalized spacial score (nSPS) is 12.6. The number of rotatable bonds is 38. The van der Waals surface area contributed by atoms with Gasteiger partial charge in [0.05, 0.1) is 0 Å². The number of hydrogen-bond donors (Lipinski definition) is 0. The van der Waals surface area contributed by atoms with Crippen LogP contribution in [0.15, 0.2) is 60.8 Å². The second kappa shape index (κ2) is 41.9. The highest BCUT2D eigenvalue weighted by Gasteiger charge is 2.19. The molecule has 0 aromatic rings. The van der Waals surface area contributed by atoms with Gasteiger partial charge in [-0.15, -0.1) is 0 Å². The molecule has 0 aliphatic carbocycles. The third kappa shape index (κ3) is 40.1. The molecular weight excluding hydrogens is 661 g/mol. The van der Waals surface area contributed by atoms with Crippen molar-refractivity contribution in [2.45, 2.75) is 207 Å². The molecule has 0 spiro atoms. The summed E-state index contributed by atoms with van der Waals surface area (Å²) in [6.07, 6.45) is 49.2. The number of ether oxygens (including phenoxy) is 3.